The summed E-state index contributed by atoms with van der Waals surface area (Å²) in [7, 11) is 0. The summed E-state index contributed by atoms with van der Waals surface area (Å²) >= 11 is 0. The van der Waals surface area contributed by atoms with Crippen molar-refractivity contribution in [1.29, 1.82) is 0 Å². The highest BCUT2D eigenvalue weighted by Crippen LogP contribution is 2.67. The van der Waals surface area contributed by atoms with Crippen LogP contribution in [0, 0.1) is 52.8 Å². The molecule has 0 aliphatic heterocycles. The van der Waals surface area contributed by atoms with Gasteiger partial charge in [0.05, 0.1) is 0 Å². The third-order valence-electron chi connectivity index (χ3n) is 10.0. The fraction of sp³-hybridized carbons (Fsp3) is 0.889. The van der Waals surface area contributed by atoms with Crippen molar-refractivity contribution in [2.45, 2.75) is 105 Å². The molecule has 1 radical (unpaired) electrons. The minimum Gasteiger partial charge on any atom is -0.0845 e. The van der Waals surface area contributed by atoms with Gasteiger partial charge < -0.3 is 0 Å². The summed E-state index contributed by atoms with van der Waals surface area (Å²) in [5, 5.41) is 0. The number of hydrogen-bond donors (Lipinski definition) is 0. The Labute approximate surface area is 170 Å². The van der Waals surface area contributed by atoms with E-state index >= 15 is 0 Å². The molecule has 4 rings (SSSR count). The van der Waals surface area contributed by atoms with E-state index in [4.69, 9.17) is 0 Å². The SMILES string of the molecule is CC(C)[CH]CC[C@@H](C)[C@H]1CC[C@H]2[C@@H]3CC=C4CCCC[C@]4(C)[C@H]3CC[C@]12C. The molecule has 0 bridgehead atoms. The molecule has 3 saturated carbocycles. The van der Waals surface area contributed by atoms with Gasteiger partial charge in [-0.1, -0.05) is 59.1 Å². The molecular formula is C27H45. The van der Waals surface area contributed by atoms with Gasteiger partial charge in [0.2, 0.25) is 0 Å². The van der Waals surface area contributed by atoms with Crippen LogP contribution in [0.4, 0.5) is 0 Å². The Kier molecular flexibility index (Phi) is 5.59. The molecule has 0 aromatic carbocycles. The minimum atomic E-state index is 0.568. The second-order valence-corrected chi connectivity index (χ2v) is 11.7. The number of fused-ring (bicyclic) bond motifs is 5. The monoisotopic (exact) mass is 369 g/mol. The van der Waals surface area contributed by atoms with Crippen molar-refractivity contribution in [1.82, 2.24) is 0 Å². The zero-order chi connectivity index (χ0) is 19.2. The van der Waals surface area contributed by atoms with Crippen molar-refractivity contribution < 1.29 is 0 Å². The Hall–Kier alpha value is -0.260. The maximum atomic E-state index is 2.74. The molecule has 0 nitrogen and oxygen atoms in total. The molecule has 4 aliphatic carbocycles. The zero-order valence-electron chi connectivity index (χ0n) is 18.9. The van der Waals surface area contributed by atoms with Gasteiger partial charge in [0.1, 0.15) is 0 Å². The van der Waals surface area contributed by atoms with Crippen molar-refractivity contribution in [3.8, 4) is 0 Å². The average molecular weight is 370 g/mol. The summed E-state index contributed by atoms with van der Waals surface area (Å²) in [6.45, 7) is 12.6. The molecule has 0 aromatic rings. The molecule has 3 fully saturated rings. The second kappa shape index (κ2) is 7.53. The molecule has 27 heavy (non-hydrogen) atoms. The van der Waals surface area contributed by atoms with Gasteiger partial charge in [-0.05, 0) is 111 Å². The van der Waals surface area contributed by atoms with E-state index < -0.39 is 0 Å². The van der Waals surface area contributed by atoms with E-state index in [1.807, 2.05) is 5.57 Å². The number of hydrogen-bond acceptors (Lipinski definition) is 0. The molecule has 0 heterocycles. The molecule has 0 unspecified atom stereocenters. The van der Waals surface area contributed by atoms with Gasteiger partial charge in [0.25, 0.3) is 0 Å². The smallest absolute Gasteiger partial charge is 0.00853 e. The van der Waals surface area contributed by atoms with E-state index in [0.717, 1.165) is 35.5 Å². The van der Waals surface area contributed by atoms with Crippen LogP contribution in [-0.2, 0) is 0 Å². The average Bonchev–Trinajstić information content (AvgIpc) is 2.98. The predicted molar refractivity (Wildman–Crippen MR) is 117 cm³/mol. The molecule has 7 atom stereocenters. The van der Waals surface area contributed by atoms with Crippen molar-refractivity contribution in [2.24, 2.45) is 46.3 Å². The Morgan fingerprint density at radius 2 is 1.85 bits per heavy atom. The second-order valence-electron chi connectivity index (χ2n) is 11.7. The van der Waals surface area contributed by atoms with Crippen LogP contribution in [0.15, 0.2) is 11.6 Å². The highest BCUT2D eigenvalue weighted by Gasteiger charge is 2.58. The van der Waals surface area contributed by atoms with E-state index in [9.17, 15) is 0 Å². The predicted octanol–water partition coefficient (Wildman–Crippen LogP) is 8.23. The van der Waals surface area contributed by atoms with E-state index in [1.54, 1.807) is 0 Å². The van der Waals surface area contributed by atoms with Crippen molar-refractivity contribution in [3.05, 3.63) is 18.1 Å². The highest BCUT2D eigenvalue weighted by molar-refractivity contribution is 5.24. The van der Waals surface area contributed by atoms with Crippen LogP contribution >= 0.6 is 0 Å². The molecule has 0 N–H and O–H groups in total. The van der Waals surface area contributed by atoms with Gasteiger partial charge in [-0.2, -0.15) is 0 Å². The van der Waals surface area contributed by atoms with Gasteiger partial charge >= 0.3 is 0 Å². The Balaban J connectivity index is 1.49. The first kappa shape index (κ1) is 20.0. The maximum absolute atomic E-state index is 2.74. The normalized spacial score (nSPS) is 45.0. The molecule has 153 valence electrons. The van der Waals surface area contributed by atoms with Crippen LogP contribution in [0.2, 0.25) is 0 Å². The molecule has 0 amide bonds. The zero-order valence-corrected chi connectivity index (χ0v) is 18.9. The molecule has 0 aromatic heterocycles. The van der Waals surface area contributed by atoms with E-state index in [1.165, 1.54) is 70.6 Å². The van der Waals surface area contributed by atoms with Crippen LogP contribution in [0.3, 0.4) is 0 Å². The van der Waals surface area contributed by atoms with Crippen LogP contribution < -0.4 is 0 Å². The number of rotatable bonds is 5. The third-order valence-corrected chi connectivity index (χ3v) is 10.0. The number of allylic oxidation sites excluding steroid dienone is 2. The maximum Gasteiger partial charge on any atom is -0.00853 e. The largest absolute Gasteiger partial charge is 0.0845 e. The third kappa shape index (κ3) is 3.36. The van der Waals surface area contributed by atoms with E-state index in [0.29, 0.717) is 10.8 Å². The van der Waals surface area contributed by atoms with Gasteiger partial charge in [0, 0.05) is 0 Å². The first-order valence-corrected chi connectivity index (χ1v) is 12.4. The Bertz CT molecular complexity index is 556. The van der Waals surface area contributed by atoms with Crippen LogP contribution in [-0.4, -0.2) is 0 Å². The van der Waals surface area contributed by atoms with Crippen LogP contribution in [0.25, 0.3) is 0 Å². The summed E-state index contributed by atoms with van der Waals surface area (Å²) in [6.07, 6.45) is 21.3. The van der Waals surface area contributed by atoms with Gasteiger partial charge in [-0.3, -0.25) is 0 Å². The standard InChI is InChI=1S/C27H45/c1-19(2)9-8-10-20(3)23-14-15-24-22-13-12-21-11-6-7-17-26(21,4)25(22)16-18-27(23,24)5/h9,12,19-20,22-25H,6-8,10-11,13-18H2,1-5H3/t20-,22+,23-,24+,25+,26+,27-/m1/s1. The van der Waals surface area contributed by atoms with Crippen LogP contribution in [0.5, 0.6) is 0 Å². The minimum absolute atomic E-state index is 0.568. The summed E-state index contributed by atoms with van der Waals surface area (Å²) in [5.74, 6) is 5.64. The van der Waals surface area contributed by atoms with E-state index in [2.05, 4.69) is 47.1 Å². The van der Waals surface area contributed by atoms with Gasteiger partial charge in [-0.25, -0.2) is 0 Å². The fourth-order valence-corrected chi connectivity index (χ4v) is 8.57. The summed E-state index contributed by atoms with van der Waals surface area (Å²) in [5.41, 5.74) is 3.07. The first-order valence-electron chi connectivity index (χ1n) is 12.4. The molecule has 4 aliphatic rings. The van der Waals surface area contributed by atoms with Gasteiger partial charge in [-0.15, -0.1) is 0 Å². The fourth-order valence-electron chi connectivity index (χ4n) is 8.57. The van der Waals surface area contributed by atoms with E-state index in [-0.39, 0.29) is 0 Å². The van der Waals surface area contributed by atoms with Crippen molar-refractivity contribution >= 4 is 0 Å². The van der Waals surface area contributed by atoms with Gasteiger partial charge in [0.15, 0.2) is 0 Å². The van der Waals surface area contributed by atoms with Crippen LogP contribution in [0.1, 0.15) is 105 Å². The lowest BCUT2D eigenvalue weighted by Crippen LogP contribution is -2.50. The first-order chi connectivity index (χ1) is 12.9. The molecular weight excluding hydrogens is 324 g/mol. The topological polar surface area (TPSA) is 0 Å². The lowest BCUT2D eigenvalue weighted by Gasteiger charge is -2.58. The quantitative estimate of drug-likeness (QED) is 0.428. The Morgan fingerprint density at radius 3 is 2.63 bits per heavy atom. The summed E-state index contributed by atoms with van der Waals surface area (Å²) in [4.78, 5) is 0. The lowest BCUT2D eigenvalue weighted by atomic mass is 9.47. The lowest BCUT2D eigenvalue weighted by molar-refractivity contribution is -0.0498. The van der Waals surface area contributed by atoms with Crippen molar-refractivity contribution in [2.75, 3.05) is 0 Å². The Morgan fingerprint density at radius 1 is 1.04 bits per heavy atom. The summed E-state index contributed by atoms with van der Waals surface area (Å²) in [6, 6.07) is 0. The molecule has 0 heteroatoms. The van der Waals surface area contributed by atoms with Crippen molar-refractivity contribution in [3.63, 3.8) is 0 Å². The molecule has 0 spiro atoms. The highest BCUT2D eigenvalue weighted by atomic mass is 14.6. The molecule has 0 saturated heterocycles. The summed E-state index contributed by atoms with van der Waals surface area (Å²) < 4.78 is 0.